The molecule has 0 fully saturated rings. The summed E-state index contributed by atoms with van der Waals surface area (Å²) in [6.07, 6.45) is 0.306. The maximum atomic E-state index is 11.7. The predicted molar refractivity (Wildman–Crippen MR) is 64.0 cm³/mol. The van der Waals surface area contributed by atoms with E-state index in [9.17, 15) is 9.59 Å². The van der Waals surface area contributed by atoms with Crippen LogP contribution in [0.1, 0.15) is 34.1 Å². The van der Waals surface area contributed by atoms with E-state index in [1.54, 1.807) is 20.8 Å². The molecule has 0 aromatic carbocycles. The van der Waals surface area contributed by atoms with Crippen LogP contribution in [0.4, 0.5) is 4.79 Å². The van der Waals surface area contributed by atoms with Gasteiger partial charge in [-0.3, -0.25) is 0 Å². The van der Waals surface area contributed by atoms with E-state index in [4.69, 9.17) is 9.84 Å². The van der Waals surface area contributed by atoms with Gasteiger partial charge in [-0.2, -0.15) is 0 Å². The lowest BCUT2D eigenvalue weighted by molar-refractivity contribution is -0.143. The number of rotatable bonds is 6. The van der Waals surface area contributed by atoms with Gasteiger partial charge < -0.3 is 20.5 Å². The lowest BCUT2D eigenvalue weighted by atomic mass is 9.99. The quantitative estimate of drug-likeness (QED) is 0.651. The highest BCUT2D eigenvalue weighted by Gasteiger charge is 2.34. The van der Waals surface area contributed by atoms with Crippen LogP contribution in [-0.2, 0) is 9.53 Å². The number of nitrogens with one attached hydrogen (secondary N) is 2. The highest BCUT2D eigenvalue weighted by atomic mass is 16.5. The van der Waals surface area contributed by atoms with E-state index in [-0.39, 0.29) is 0 Å². The zero-order valence-electron chi connectivity index (χ0n) is 11.1. The molecule has 0 spiro atoms. The molecule has 3 N–H and O–H groups in total. The van der Waals surface area contributed by atoms with E-state index < -0.39 is 23.1 Å². The van der Waals surface area contributed by atoms with Crippen molar-refractivity contribution in [3.63, 3.8) is 0 Å². The third-order valence-electron chi connectivity index (χ3n) is 2.53. The van der Waals surface area contributed by atoms with E-state index in [1.807, 2.05) is 0 Å². The van der Waals surface area contributed by atoms with Gasteiger partial charge in [0.1, 0.15) is 5.54 Å². The summed E-state index contributed by atoms with van der Waals surface area (Å²) in [5.74, 6) is -1.06. The number of hydrogen-bond acceptors (Lipinski definition) is 3. The molecule has 6 nitrogen and oxygen atoms in total. The second-order valence-electron chi connectivity index (χ2n) is 4.89. The van der Waals surface area contributed by atoms with Crippen LogP contribution in [0.3, 0.4) is 0 Å². The van der Waals surface area contributed by atoms with E-state index in [2.05, 4.69) is 10.6 Å². The second-order valence-corrected chi connectivity index (χ2v) is 4.89. The van der Waals surface area contributed by atoms with Crippen molar-refractivity contribution in [1.29, 1.82) is 0 Å². The molecule has 2 amide bonds. The van der Waals surface area contributed by atoms with Crippen molar-refractivity contribution in [1.82, 2.24) is 10.6 Å². The Kier molecular flexibility index (Phi) is 5.41. The molecule has 0 saturated carbocycles. The maximum Gasteiger partial charge on any atom is 0.329 e. The van der Waals surface area contributed by atoms with E-state index in [1.165, 1.54) is 14.0 Å². The number of carbonyl (C=O) groups excluding carboxylic acids is 1. The molecule has 0 saturated heterocycles. The first-order valence-corrected chi connectivity index (χ1v) is 5.49. The van der Waals surface area contributed by atoms with Gasteiger partial charge in [0.05, 0.1) is 12.1 Å². The summed E-state index contributed by atoms with van der Waals surface area (Å²) in [5.41, 5.74) is -1.81. The van der Waals surface area contributed by atoms with Crippen LogP contribution in [0.5, 0.6) is 0 Å². The molecule has 1 unspecified atom stereocenters. The van der Waals surface area contributed by atoms with Crippen molar-refractivity contribution in [2.45, 2.75) is 45.2 Å². The van der Waals surface area contributed by atoms with Crippen LogP contribution < -0.4 is 10.6 Å². The number of carboxylic acid groups (broad SMARTS) is 1. The third kappa shape index (κ3) is 5.04. The van der Waals surface area contributed by atoms with Gasteiger partial charge in [0.25, 0.3) is 0 Å². The summed E-state index contributed by atoms with van der Waals surface area (Å²) in [5, 5.41) is 14.1. The Labute approximate surface area is 102 Å². The van der Waals surface area contributed by atoms with Gasteiger partial charge in [0.2, 0.25) is 0 Å². The molecule has 0 aliphatic heterocycles. The minimum atomic E-state index is -1.26. The van der Waals surface area contributed by atoms with Crippen molar-refractivity contribution in [3.05, 3.63) is 0 Å². The number of urea groups is 1. The van der Waals surface area contributed by atoms with E-state index in [0.717, 1.165) is 0 Å². The molecule has 0 heterocycles. The minimum Gasteiger partial charge on any atom is -0.480 e. The molecular weight excluding hydrogens is 224 g/mol. The van der Waals surface area contributed by atoms with Crippen molar-refractivity contribution >= 4 is 12.0 Å². The van der Waals surface area contributed by atoms with Crippen LogP contribution in [0.25, 0.3) is 0 Å². The molecular formula is C11H22N2O4. The first-order valence-electron chi connectivity index (χ1n) is 5.49. The fourth-order valence-electron chi connectivity index (χ4n) is 1.28. The normalized spacial score (nSPS) is 14.9. The molecule has 0 radical (unpaired) electrons. The molecule has 100 valence electrons. The predicted octanol–water partition coefficient (Wildman–Crippen LogP) is 0.964. The number of carbonyl (C=O) groups is 2. The van der Waals surface area contributed by atoms with Crippen molar-refractivity contribution in [2.24, 2.45) is 0 Å². The fourth-order valence-corrected chi connectivity index (χ4v) is 1.28. The number of ether oxygens (including phenoxy) is 1. The zero-order valence-corrected chi connectivity index (χ0v) is 11.1. The summed E-state index contributed by atoms with van der Waals surface area (Å²) in [6.45, 7) is 7.10. The Bertz CT molecular complexity index is 291. The molecule has 6 heteroatoms. The van der Waals surface area contributed by atoms with Crippen LogP contribution in [-0.4, -0.2) is 41.9 Å². The lowest BCUT2D eigenvalue weighted by Crippen LogP contribution is -2.59. The fraction of sp³-hybridized carbons (Fsp3) is 0.818. The van der Waals surface area contributed by atoms with Crippen LogP contribution >= 0.6 is 0 Å². The van der Waals surface area contributed by atoms with Crippen molar-refractivity contribution < 1.29 is 19.4 Å². The van der Waals surface area contributed by atoms with Gasteiger partial charge in [0.15, 0.2) is 0 Å². The smallest absolute Gasteiger partial charge is 0.329 e. The second kappa shape index (κ2) is 5.86. The molecule has 0 aliphatic rings. The average molecular weight is 246 g/mol. The number of carboxylic acids is 1. The molecule has 0 aromatic rings. The largest absolute Gasteiger partial charge is 0.480 e. The molecule has 17 heavy (non-hydrogen) atoms. The molecule has 0 aliphatic carbocycles. The monoisotopic (exact) mass is 246 g/mol. The Hall–Kier alpha value is -1.30. The van der Waals surface area contributed by atoms with E-state index in [0.29, 0.717) is 13.0 Å². The summed E-state index contributed by atoms with van der Waals surface area (Å²) >= 11 is 0. The van der Waals surface area contributed by atoms with Gasteiger partial charge in [0, 0.05) is 7.11 Å². The number of amides is 2. The van der Waals surface area contributed by atoms with Gasteiger partial charge in [-0.25, -0.2) is 9.59 Å². The van der Waals surface area contributed by atoms with Crippen molar-refractivity contribution in [3.8, 4) is 0 Å². The topological polar surface area (TPSA) is 87.7 Å². The first-order chi connectivity index (χ1) is 7.67. The zero-order chi connectivity index (χ0) is 13.7. The van der Waals surface area contributed by atoms with Gasteiger partial charge >= 0.3 is 12.0 Å². The first kappa shape index (κ1) is 15.7. The SMILES string of the molecule is CCC(C)(NC(=O)NC(C)(C)COC)C(=O)O. The highest BCUT2D eigenvalue weighted by Crippen LogP contribution is 2.10. The molecule has 0 rings (SSSR count). The molecule has 0 aromatic heterocycles. The number of methoxy groups -OCH3 is 1. The van der Waals surface area contributed by atoms with Crippen molar-refractivity contribution in [2.75, 3.05) is 13.7 Å². The maximum absolute atomic E-state index is 11.7. The highest BCUT2D eigenvalue weighted by molar-refractivity contribution is 5.86. The van der Waals surface area contributed by atoms with Gasteiger partial charge in [-0.05, 0) is 27.2 Å². The summed E-state index contributed by atoms with van der Waals surface area (Å²) in [7, 11) is 1.54. The van der Waals surface area contributed by atoms with Crippen LogP contribution in [0, 0.1) is 0 Å². The summed E-state index contributed by atoms with van der Waals surface area (Å²) < 4.78 is 4.95. The Morgan fingerprint density at radius 2 is 1.76 bits per heavy atom. The van der Waals surface area contributed by atoms with E-state index >= 15 is 0 Å². The number of hydrogen-bond donors (Lipinski definition) is 3. The lowest BCUT2D eigenvalue weighted by Gasteiger charge is -2.30. The third-order valence-corrected chi connectivity index (χ3v) is 2.53. The van der Waals surface area contributed by atoms with Gasteiger partial charge in [-0.15, -0.1) is 0 Å². The van der Waals surface area contributed by atoms with Gasteiger partial charge in [-0.1, -0.05) is 6.92 Å². The summed E-state index contributed by atoms with van der Waals surface area (Å²) in [6, 6.07) is -0.515. The number of aliphatic carboxylic acids is 1. The Morgan fingerprint density at radius 3 is 2.12 bits per heavy atom. The Morgan fingerprint density at radius 1 is 1.24 bits per heavy atom. The molecule has 1 atom stereocenters. The minimum absolute atomic E-state index is 0.306. The van der Waals surface area contributed by atoms with Crippen LogP contribution in [0.2, 0.25) is 0 Å². The summed E-state index contributed by atoms with van der Waals surface area (Å²) in [4.78, 5) is 22.7. The molecule has 0 bridgehead atoms. The van der Waals surface area contributed by atoms with Crippen LogP contribution in [0.15, 0.2) is 0 Å². The average Bonchev–Trinajstić information content (AvgIpc) is 2.15. The standard InChI is InChI=1S/C11H22N2O4/c1-6-11(4,8(14)15)13-9(16)12-10(2,3)7-17-5/h6-7H2,1-5H3,(H,14,15)(H2,12,13,16). The Balaban J connectivity index is 4.50.